The minimum atomic E-state index is -4.65. The predicted molar refractivity (Wildman–Crippen MR) is 64.3 cm³/mol. The molecule has 0 atom stereocenters. The lowest BCUT2D eigenvalue weighted by molar-refractivity contribution is -0.138. The van der Waals surface area contributed by atoms with Gasteiger partial charge < -0.3 is 0 Å². The zero-order valence-corrected chi connectivity index (χ0v) is 11.1. The Balaban J connectivity index is 2.46. The van der Waals surface area contributed by atoms with E-state index in [0.29, 0.717) is 4.31 Å². The van der Waals surface area contributed by atoms with Crippen molar-refractivity contribution in [2.24, 2.45) is 0 Å². The molecule has 0 bridgehead atoms. The van der Waals surface area contributed by atoms with E-state index in [1.807, 2.05) is 4.72 Å². The first kappa shape index (κ1) is 15.5. The first-order valence-corrected chi connectivity index (χ1v) is 6.99. The van der Waals surface area contributed by atoms with Crippen LogP contribution in [0.3, 0.4) is 0 Å². The molecule has 1 aliphatic rings. The van der Waals surface area contributed by atoms with Crippen LogP contribution in [0.5, 0.6) is 0 Å². The van der Waals surface area contributed by atoms with Crippen LogP contribution >= 0.6 is 0 Å². The van der Waals surface area contributed by atoms with E-state index in [1.54, 1.807) is 0 Å². The highest BCUT2D eigenvalue weighted by molar-refractivity contribution is 7.90. The number of hydroxylamine groups is 1. The quantitative estimate of drug-likeness (QED) is 0.550. The highest BCUT2D eigenvalue weighted by Gasteiger charge is 2.39. The first-order chi connectivity index (χ1) is 9.65. The molecule has 1 aromatic carbocycles. The Morgan fingerprint density at radius 1 is 1.43 bits per heavy atom. The Labute approximate surface area is 117 Å². The van der Waals surface area contributed by atoms with Gasteiger partial charge in [-0.3, -0.25) is 14.7 Å². The van der Waals surface area contributed by atoms with Crippen LogP contribution in [0.1, 0.15) is 11.1 Å². The third-order valence-corrected chi connectivity index (χ3v) is 4.26. The van der Waals surface area contributed by atoms with Crippen LogP contribution in [0, 0.1) is 0 Å². The largest absolute Gasteiger partial charge is 0.416 e. The number of carbonyl (C=O) groups excluding carboxylic acids is 1. The number of carbonyl (C=O) groups is 1. The summed E-state index contributed by atoms with van der Waals surface area (Å²) in [6.45, 7) is -1.44. The summed E-state index contributed by atoms with van der Waals surface area (Å²) in [5.74, 6) is -1.06. The van der Waals surface area contributed by atoms with Gasteiger partial charge in [0.25, 0.3) is 5.91 Å². The molecule has 116 valence electrons. The Bertz CT molecular complexity index is 675. The fourth-order valence-corrected chi connectivity index (χ4v) is 3.10. The van der Waals surface area contributed by atoms with Gasteiger partial charge in [0.05, 0.1) is 17.8 Å². The molecule has 0 aliphatic carbocycles. The molecule has 0 aromatic heterocycles. The van der Waals surface area contributed by atoms with E-state index < -0.39 is 40.9 Å². The lowest BCUT2D eigenvalue weighted by Crippen LogP contribution is -2.45. The molecule has 11 heteroatoms. The van der Waals surface area contributed by atoms with Crippen molar-refractivity contribution in [2.45, 2.75) is 12.7 Å². The second kappa shape index (κ2) is 5.16. The van der Waals surface area contributed by atoms with Crippen molar-refractivity contribution in [1.29, 1.82) is 0 Å². The van der Waals surface area contributed by atoms with Crippen molar-refractivity contribution in [3.8, 4) is 0 Å². The number of benzene rings is 1. The van der Waals surface area contributed by atoms with Crippen LogP contribution in [0.15, 0.2) is 18.2 Å². The Morgan fingerprint density at radius 3 is 2.67 bits per heavy atom. The van der Waals surface area contributed by atoms with Crippen molar-refractivity contribution >= 4 is 21.8 Å². The van der Waals surface area contributed by atoms with Crippen LogP contribution in [-0.4, -0.2) is 30.4 Å². The average Bonchev–Trinajstić information content (AvgIpc) is 2.37. The number of rotatable bonds is 2. The minimum Gasteiger partial charge on any atom is -0.289 e. The molecule has 0 spiro atoms. The van der Waals surface area contributed by atoms with Crippen LogP contribution in [0.25, 0.3) is 0 Å². The third-order valence-electron chi connectivity index (χ3n) is 2.84. The molecule has 1 aliphatic heterocycles. The van der Waals surface area contributed by atoms with Crippen molar-refractivity contribution in [3.63, 3.8) is 0 Å². The fraction of sp³-hybridized carbons (Fsp3) is 0.300. The molecule has 1 heterocycles. The molecular weight excluding hydrogens is 315 g/mol. The predicted octanol–water partition coefficient (Wildman–Crippen LogP) is 0.683. The topological polar surface area (TPSA) is 98.7 Å². The number of halogens is 3. The molecule has 0 radical (unpaired) electrons. The molecule has 1 aromatic rings. The van der Waals surface area contributed by atoms with Gasteiger partial charge in [0.2, 0.25) is 0 Å². The highest BCUT2D eigenvalue weighted by atomic mass is 32.2. The molecule has 7 nitrogen and oxygen atoms in total. The van der Waals surface area contributed by atoms with Gasteiger partial charge in [-0.2, -0.15) is 25.9 Å². The van der Waals surface area contributed by atoms with Gasteiger partial charge in [-0.1, -0.05) is 6.07 Å². The number of amides is 1. The number of fused-ring (bicyclic) bond motifs is 1. The normalized spacial score (nSPS) is 17.7. The summed E-state index contributed by atoms with van der Waals surface area (Å²) in [4.78, 5) is 11.0. The first-order valence-electron chi connectivity index (χ1n) is 5.55. The van der Waals surface area contributed by atoms with Crippen molar-refractivity contribution in [2.75, 3.05) is 11.3 Å². The van der Waals surface area contributed by atoms with E-state index in [9.17, 15) is 26.4 Å². The maximum absolute atomic E-state index is 12.9. The zero-order chi connectivity index (χ0) is 15.8. The Hall–Kier alpha value is -1.85. The van der Waals surface area contributed by atoms with Crippen molar-refractivity contribution in [3.05, 3.63) is 29.3 Å². The van der Waals surface area contributed by atoms with Crippen LogP contribution in [0.4, 0.5) is 18.9 Å². The molecule has 3 N–H and O–H groups in total. The van der Waals surface area contributed by atoms with Crippen LogP contribution < -0.4 is 10.2 Å². The van der Waals surface area contributed by atoms with E-state index in [0.717, 1.165) is 12.1 Å². The number of nitrogens with zero attached hydrogens (tertiary/aromatic N) is 1. The summed E-state index contributed by atoms with van der Waals surface area (Å²) in [7, 11) is -4.16. The van der Waals surface area contributed by atoms with Gasteiger partial charge in [0, 0.05) is 12.1 Å². The second-order valence-corrected chi connectivity index (χ2v) is 5.91. The molecular formula is C10H10F3N3O4S. The van der Waals surface area contributed by atoms with Gasteiger partial charge in [-0.15, -0.1) is 0 Å². The highest BCUT2D eigenvalue weighted by Crippen LogP contribution is 2.38. The molecule has 2 rings (SSSR count). The Morgan fingerprint density at radius 2 is 2.10 bits per heavy atom. The molecule has 0 unspecified atom stereocenters. The molecule has 1 amide bonds. The van der Waals surface area contributed by atoms with Crippen LogP contribution in [0.2, 0.25) is 0 Å². The van der Waals surface area contributed by atoms with Gasteiger partial charge in [-0.25, -0.2) is 5.48 Å². The van der Waals surface area contributed by atoms with E-state index >= 15 is 0 Å². The molecule has 21 heavy (non-hydrogen) atoms. The summed E-state index contributed by atoms with van der Waals surface area (Å²) in [6, 6.07) is 3.11. The molecule has 0 saturated heterocycles. The summed E-state index contributed by atoms with van der Waals surface area (Å²) in [5.41, 5.74) is -0.241. The third kappa shape index (κ3) is 3.09. The van der Waals surface area contributed by atoms with Gasteiger partial charge in [0.15, 0.2) is 0 Å². The summed E-state index contributed by atoms with van der Waals surface area (Å²) in [5, 5.41) is 8.39. The SMILES string of the molecule is O=C(CN1Cc2c(cccc2C(F)(F)F)NS1(=O)=O)NO. The van der Waals surface area contributed by atoms with Gasteiger partial charge in [0.1, 0.15) is 0 Å². The summed E-state index contributed by atoms with van der Waals surface area (Å²) >= 11 is 0. The number of anilines is 1. The standard InChI is InChI=1S/C10H10F3N3O4S/c11-10(12,13)7-2-1-3-8-6(7)4-16(5-9(17)14-18)21(19,20)15-8/h1-3,15,18H,4-5H2,(H,14,17). The van der Waals surface area contributed by atoms with E-state index in [4.69, 9.17) is 5.21 Å². The van der Waals surface area contributed by atoms with E-state index in [2.05, 4.69) is 0 Å². The maximum atomic E-state index is 12.9. The molecule has 0 fully saturated rings. The van der Waals surface area contributed by atoms with E-state index in [-0.39, 0.29) is 11.3 Å². The lowest BCUT2D eigenvalue weighted by Gasteiger charge is -2.30. The monoisotopic (exact) mass is 325 g/mol. The number of hydrogen-bond acceptors (Lipinski definition) is 4. The number of nitrogens with one attached hydrogen (secondary N) is 2. The summed E-state index contributed by atoms with van der Waals surface area (Å²) in [6.07, 6.45) is -4.65. The van der Waals surface area contributed by atoms with Gasteiger partial charge >= 0.3 is 16.4 Å². The minimum absolute atomic E-state index is 0.189. The fourth-order valence-electron chi connectivity index (χ4n) is 1.92. The molecule has 0 saturated carbocycles. The van der Waals surface area contributed by atoms with E-state index in [1.165, 1.54) is 11.5 Å². The number of hydrogen-bond donors (Lipinski definition) is 3. The zero-order valence-electron chi connectivity index (χ0n) is 10.3. The Kier molecular flexibility index (Phi) is 3.82. The second-order valence-electron chi connectivity index (χ2n) is 4.24. The van der Waals surface area contributed by atoms with Crippen LogP contribution in [-0.2, 0) is 27.7 Å². The van der Waals surface area contributed by atoms with Gasteiger partial charge in [-0.05, 0) is 12.1 Å². The average molecular weight is 325 g/mol. The maximum Gasteiger partial charge on any atom is 0.416 e. The van der Waals surface area contributed by atoms with Crippen molar-refractivity contribution < 1.29 is 31.6 Å². The van der Waals surface area contributed by atoms with Crippen molar-refractivity contribution in [1.82, 2.24) is 9.79 Å². The lowest BCUT2D eigenvalue weighted by atomic mass is 10.0. The number of alkyl halides is 3. The smallest absolute Gasteiger partial charge is 0.289 e. The summed E-state index contributed by atoms with van der Waals surface area (Å²) < 4.78 is 64.8.